The highest BCUT2D eigenvalue weighted by Crippen LogP contribution is 2.39. The highest BCUT2D eigenvalue weighted by Gasteiger charge is 2.40. The summed E-state index contributed by atoms with van der Waals surface area (Å²) in [5.74, 6) is 0.0401. The molecule has 1 aromatic rings. The number of nitriles is 1. The Bertz CT molecular complexity index is 825. The van der Waals surface area contributed by atoms with Crippen molar-refractivity contribution in [1.29, 1.82) is 5.26 Å². The van der Waals surface area contributed by atoms with Gasteiger partial charge in [0.15, 0.2) is 0 Å². The van der Waals surface area contributed by atoms with Gasteiger partial charge in [-0.25, -0.2) is 0 Å². The van der Waals surface area contributed by atoms with Crippen molar-refractivity contribution in [2.24, 2.45) is 0 Å². The smallest absolute Gasteiger partial charge is 0.224 e. The molecule has 194 valence electrons. The molecule has 2 aliphatic rings. The average Bonchev–Trinajstić information content (AvgIpc) is 2.84. The summed E-state index contributed by atoms with van der Waals surface area (Å²) in [5, 5.41) is 11.3. The molecule has 3 rings (SSSR count). The Morgan fingerprint density at radius 2 is 1.49 bits per heavy atom. The van der Waals surface area contributed by atoms with Gasteiger partial charge in [-0.05, 0) is 71.4 Å². The Labute approximate surface area is 219 Å². The van der Waals surface area contributed by atoms with Gasteiger partial charge in [0, 0.05) is 42.2 Å². The van der Waals surface area contributed by atoms with Crippen molar-refractivity contribution in [2.75, 3.05) is 6.54 Å². The molecule has 1 aromatic carbocycles. The van der Waals surface area contributed by atoms with E-state index in [-0.39, 0.29) is 24.4 Å². The summed E-state index contributed by atoms with van der Waals surface area (Å²) in [7, 11) is 0. The van der Waals surface area contributed by atoms with Crippen molar-refractivity contribution in [1.82, 2.24) is 9.80 Å². The Kier molecular flexibility index (Phi) is 10.5. The predicted molar refractivity (Wildman–Crippen MR) is 146 cm³/mol. The van der Waals surface area contributed by atoms with Crippen LogP contribution in [0.2, 0.25) is 5.02 Å². The lowest BCUT2D eigenvalue weighted by molar-refractivity contribution is -0.135. The van der Waals surface area contributed by atoms with Gasteiger partial charge in [0.05, 0.1) is 11.5 Å². The summed E-state index contributed by atoms with van der Waals surface area (Å²) in [4.78, 5) is 18.3. The first kappa shape index (κ1) is 28.0. The first-order valence-corrected chi connectivity index (χ1v) is 14.4. The second kappa shape index (κ2) is 13.1. The number of halogens is 1. The molecule has 1 atom stereocenters. The average molecular weight is 500 g/mol. The number of hydrogen-bond acceptors (Lipinski definition) is 3. The molecule has 0 N–H and O–H groups in total. The van der Waals surface area contributed by atoms with E-state index in [0.29, 0.717) is 23.5 Å². The molecule has 2 aliphatic carbocycles. The molecule has 4 nitrogen and oxygen atoms in total. The molecule has 0 radical (unpaired) electrons. The highest BCUT2D eigenvalue weighted by atomic mass is 35.5. The standard InChI is InChI=1S/C30H46ClN3O/c1-23(2)34(24(3)4)29(35)21-30(22-32,27-17-11-12-18-28(27)31)19-20-33(25-13-7-5-8-14-25)26-15-9-6-10-16-26/h11-12,17-18,23-26H,5-10,13-16,19-21H2,1-4H3. The number of amides is 1. The number of benzene rings is 1. The lowest BCUT2D eigenvalue weighted by Crippen LogP contribution is -2.48. The Hall–Kier alpha value is -1.57. The summed E-state index contributed by atoms with van der Waals surface area (Å²) in [6.45, 7) is 9.06. The summed E-state index contributed by atoms with van der Waals surface area (Å²) in [5.41, 5.74) is -0.129. The highest BCUT2D eigenvalue weighted by molar-refractivity contribution is 6.31. The maximum absolute atomic E-state index is 13.7. The number of carbonyl (C=O) groups is 1. The number of carbonyl (C=O) groups excluding carboxylic acids is 1. The van der Waals surface area contributed by atoms with Crippen molar-refractivity contribution in [3.8, 4) is 6.07 Å². The van der Waals surface area contributed by atoms with Crippen LogP contribution in [-0.4, -0.2) is 46.4 Å². The molecule has 0 aromatic heterocycles. The van der Waals surface area contributed by atoms with E-state index < -0.39 is 5.41 Å². The third kappa shape index (κ3) is 7.01. The minimum atomic E-state index is -0.932. The summed E-state index contributed by atoms with van der Waals surface area (Å²) in [6, 6.07) is 11.7. The Morgan fingerprint density at radius 1 is 0.971 bits per heavy atom. The molecule has 0 heterocycles. The van der Waals surface area contributed by atoms with Gasteiger partial charge in [0.2, 0.25) is 5.91 Å². The topological polar surface area (TPSA) is 47.3 Å². The van der Waals surface area contributed by atoms with E-state index in [2.05, 4.69) is 38.7 Å². The molecule has 0 bridgehead atoms. The first-order valence-electron chi connectivity index (χ1n) is 14.0. The molecule has 2 fully saturated rings. The molecule has 1 amide bonds. The minimum Gasteiger partial charge on any atom is -0.338 e. The molecular formula is C30H46ClN3O. The van der Waals surface area contributed by atoms with Crippen LogP contribution in [0.1, 0.15) is 110 Å². The van der Waals surface area contributed by atoms with Crippen LogP contribution in [0.4, 0.5) is 0 Å². The normalized spacial score (nSPS) is 19.6. The predicted octanol–water partition coefficient (Wildman–Crippen LogP) is 7.49. The SMILES string of the molecule is CC(C)N(C(=O)CC(C#N)(CCN(C1CCCCC1)C1CCCCC1)c1ccccc1Cl)C(C)C. The zero-order chi connectivity index (χ0) is 25.4. The second-order valence-electron chi connectivity index (χ2n) is 11.4. The maximum atomic E-state index is 13.7. The molecule has 2 saturated carbocycles. The van der Waals surface area contributed by atoms with Crippen LogP contribution in [0, 0.1) is 11.3 Å². The van der Waals surface area contributed by atoms with E-state index >= 15 is 0 Å². The largest absolute Gasteiger partial charge is 0.338 e. The fourth-order valence-electron chi connectivity index (χ4n) is 6.65. The van der Waals surface area contributed by atoms with E-state index in [0.717, 1.165) is 12.1 Å². The number of nitrogens with zero attached hydrogens (tertiary/aromatic N) is 3. The van der Waals surface area contributed by atoms with Gasteiger partial charge in [-0.3, -0.25) is 9.69 Å². The second-order valence-corrected chi connectivity index (χ2v) is 11.8. The molecule has 0 spiro atoms. The minimum absolute atomic E-state index is 0.0401. The number of hydrogen-bond donors (Lipinski definition) is 0. The third-order valence-corrected chi connectivity index (χ3v) is 8.67. The summed E-state index contributed by atoms with van der Waals surface area (Å²) >= 11 is 6.70. The van der Waals surface area contributed by atoms with Crippen LogP contribution in [0.25, 0.3) is 0 Å². The fourth-order valence-corrected chi connectivity index (χ4v) is 6.97. The molecule has 0 aliphatic heterocycles. The maximum Gasteiger partial charge on any atom is 0.224 e. The lowest BCUT2D eigenvalue weighted by Gasteiger charge is -2.43. The van der Waals surface area contributed by atoms with Gasteiger partial charge in [-0.2, -0.15) is 5.26 Å². The van der Waals surface area contributed by atoms with Gasteiger partial charge in [-0.15, -0.1) is 0 Å². The molecule has 1 unspecified atom stereocenters. The fraction of sp³-hybridized carbons (Fsp3) is 0.733. The zero-order valence-corrected chi connectivity index (χ0v) is 23.2. The van der Waals surface area contributed by atoms with E-state index in [1.807, 2.05) is 29.2 Å². The third-order valence-electron chi connectivity index (χ3n) is 8.34. The van der Waals surface area contributed by atoms with Crippen LogP contribution in [0.5, 0.6) is 0 Å². The van der Waals surface area contributed by atoms with Crippen molar-refractivity contribution < 1.29 is 4.79 Å². The number of rotatable bonds is 10. The van der Waals surface area contributed by atoms with E-state index in [1.54, 1.807) is 0 Å². The van der Waals surface area contributed by atoms with Crippen LogP contribution in [0.15, 0.2) is 24.3 Å². The Balaban J connectivity index is 1.92. The summed E-state index contributed by atoms with van der Waals surface area (Å²) in [6.07, 6.45) is 13.7. The lowest BCUT2D eigenvalue weighted by atomic mass is 9.75. The molecule has 35 heavy (non-hydrogen) atoms. The van der Waals surface area contributed by atoms with Crippen LogP contribution in [0.3, 0.4) is 0 Å². The van der Waals surface area contributed by atoms with Gasteiger partial charge in [0.1, 0.15) is 0 Å². The van der Waals surface area contributed by atoms with Crippen LogP contribution >= 0.6 is 11.6 Å². The van der Waals surface area contributed by atoms with Crippen molar-refractivity contribution in [3.05, 3.63) is 34.9 Å². The monoisotopic (exact) mass is 499 g/mol. The van der Waals surface area contributed by atoms with E-state index in [4.69, 9.17) is 11.6 Å². The van der Waals surface area contributed by atoms with E-state index in [1.165, 1.54) is 64.2 Å². The zero-order valence-electron chi connectivity index (χ0n) is 22.4. The van der Waals surface area contributed by atoms with Crippen LogP contribution < -0.4 is 0 Å². The van der Waals surface area contributed by atoms with Gasteiger partial charge in [0.25, 0.3) is 0 Å². The Morgan fingerprint density at radius 3 is 1.94 bits per heavy atom. The quantitative estimate of drug-likeness (QED) is 0.335. The van der Waals surface area contributed by atoms with Crippen molar-refractivity contribution in [3.63, 3.8) is 0 Å². The van der Waals surface area contributed by atoms with Gasteiger partial charge < -0.3 is 4.90 Å². The van der Waals surface area contributed by atoms with Gasteiger partial charge in [-0.1, -0.05) is 68.3 Å². The summed E-state index contributed by atoms with van der Waals surface area (Å²) < 4.78 is 0. The van der Waals surface area contributed by atoms with Crippen molar-refractivity contribution >= 4 is 17.5 Å². The molecule has 5 heteroatoms. The van der Waals surface area contributed by atoms with E-state index in [9.17, 15) is 10.1 Å². The molecular weight excluding hydrogens is 454 g/mol. The van der Waals surface area contributed by atoms with Crippen molar-refractivity contribution in [2.45, 2.75) is 134 Å². The first-order chi connectivity index (χ1) is 16.8. The van der Waals surface area contributed by atoms with Gasteiger partial charge >= 0.3 is 0 Å². The van der Waals surface area contributed by atoms with Crippen LogP contribution in [-0.2, 0) is 10.2 Å². The molecule has 0 saturated heterocycles.